The molecule has 2 aromatic heterocycles. The van der Waals surface area contributed by atoms with E-state index in [9.17, 15) is 4.79 Å². The second-order valence-corrected chi connectivity index (χ2v) is 6.71. The van der Waals surface area contributed by atoms with E-state index in [0.29, 0.717) is 12.2 Å². The number of carbonyl (C=O) groups excluding carboxylic acids is 1. The summed E-state index contributed by atoms with van der Waals surface area (Å²) in [5.74, 6) is 0.696. The number of amides is 1. The monoisotopic (exact) mass is 356 g/mol. The minimum atomic E-state index is 0.0589. The average Bonchev–Trinajstić information content (AvgIpc) is 3.08. The number of aromatic nitrogens is 2. The van der Waals surface area contributed by atoms with Gasteiger partial charge in [0.05, 0.1) is 6.42 Å². The zero-order chi connectivity index (χ0) is 16.9. The Balaban J connectivity index is 2.08. The summed E-state index contributed by atoms with van der Waals surface area (Å²) in [7, 11) is 1.80. The molecule has 0 unspecified atom stereocenters. The molecule has 3 aromatic rings. The first kappa shape index (κ1) is 16.7. The highest BCUT2D eigenvalue weighted by Crippen LogP contribution is 2.39. The van der Waals surface area contributed by atoms with Crippen molar-refractivity contribution in [3.05, 3.63) is 54.9 Å². The smallest absolute Gasteiger partial charge is 0.232 e. The molecule has 0 aliphatic carbocycles. The van der Waals surface area contributed by atoms with Gasteiger partial charge in [-0.05, 0) is 24.8 Å². The van der Waals surface area contributed by atoms with Gasteiger partial charge in [0.25, 0.3) is 0 Å². The maximum absolute atomic E-state index is 12.3. The Bertz CT molecular complexity index is 819. The van der Waals surface area contributed by atoms with Gasteiger partial charge in [-0.1, -0.05) is 41.7 Å². The lowest BCUT2D eigenvalue weighted by Gasteiger charge is -2.15. The van der Waals surface area contributed by atoms with Crippen molar-refractivity contribution in [2.75, 3.05) is 17.7 Å². The Morgan fingerprint density at radius 1 is 1.17 bits per heavy atom. The number of pyridine rings is 1. The number of nitrogens with zero attached hydrogens (tertiary/aromatic N) is 3. The average molecular weight is 356 g/mol. The highest BCUT2D eigenvalue weighted by atomic mass is 32.1. The second-order valence-electron chi connectivity index (χ2n) is 5.23. The maximum Gasteiger partial charge on any atom is 0.232 e. The molecule has 0 aliphatic rings. The quantitative estimate of drug-likeness (QED) is 0.659. The van der Waals surface area contributed by atoms with Crippen LogP contribution in [0.3, 0.4) is 0 Å². The molecule has 4 nitrogen and oxygen atoms in total. The second kappa shape index (κ2) is 7.59. The molecule has 1 aromatic carbocycles. The van der Waals surface area contributed by atoms with E-state index in [1.54, 1.807) is 24.3 Å². The third kappa shape index (κ3) is 3.49. The van der Waals surface area contributed by atoms with Crippen LogP contribution in [0.2, 0.25) is 0 Å². The molecular weight excluding hydrogens is 338 g/mol. The van der Waals surface area contributed by atoms with Gasteiger partial charge in [0.2, 0.25) is 5.91 Å². The Morgan fingerprint density at radius 3 is 2.58 bits per heavy atom. The van der Waals surface area contributed by atoms with Gasteiger partial charge in [0.15, 0.2) is 0 Å². The topological polar surface area (TPSA) is 46.1 Å². The van der Waals surface area contributed by atoms with E-state index in [-0.39, 0.29) is 5.91 Å². The van der Waals surface area contributed by atoms with E-state index in [1.807, 2.05) is 42.5 Å². The summed E-state index contributed by atoms with van der Waals surface area (Å²) in [6, 6.07) is 13.8. The van der Waals surface area contributed by atoms with Gasteiger partial charge in [-0.25, -0.2) is 4.98 Å². The molecule has 24 heavy (non-hydrogen) atoms. The minimum absolute atomic E-state index is 0.0589. The van der Waals surface area contributed by atoms with Crippen LogP contribution in [-0.4, -0.2) is 28.7 Å². The fourth-order valence-electron chi connectivity index (χ4n) is 2.32. The predicted octanol–water partition coefficient (Wildman–Crippen LogP) is 3.24. The molecule has 0 atom stereocenters. The fraction of sp³-hybridized carbons (Fsp3) is 0.167. The van der Waals surface area contributed by atoms with Crippen molar-refractivity contribution in [1.82, 2.24) is 9.97 Å². The van der Waals surface area contributed by atoms with Crippen molar-refractivity contribution in [2.24, 2.45) is 0 Å². The number of benzene rings is 1. The first-order chi connectivity index (χ1) is 11.7. The number of hydrogen-bond acceptors (Lipinski definition) is 4. The van der Waals surface area contributed by atoms with E-state index in [0.717, 1.165) is 26.8 Å². The summed E-state index contributed by atoms with van der Waals surface area (Å²) in [6.07, 6.45) is 3.97. The number of anilines is 1. The Hall–Kier alpha value is -2.18. The molecule has 0 saturated heterocycles. The molecular formula is C18H18N3OS2+. The van der Waals surface area contributed by atoms with Crippen molar-refractivity contribution in [3.63, 3.8) is 0 Å². The van der Waals surface area contributed by atoms with Crippen LogP contribution in [0, 0.1) is 0 Å². The zero-order valence-corrected chi connectivity index (χ0v) is 15.1. The van der Waals surface area contributed by atoms with Crippen LogP contribution in [0.15, 0.2) is 54.9 Å². The fourth-order valence-corrected chi connectivity index (χ4v) is 3.60. The highest BCUT2D eigenvalue weighted by molar-refractivity contribution is 7.58. The first-order valence-electron chi connectivity index (χ1n) is 7.58. The first-order valence-corrected chi connectivity index (χ1v) is 9.11. The van der Waals surface area contributed by atoms with Crippen LogP contribution in [-0.2, 0) is 17.4 Å². The van der Waals surface area contributed by atoms with Crippen molar-refractivity contribution in [3.8, 4) is 21.8 Å². The molecule has 0 spiro atoms. The van der Waals surface area contributed by atoms with Gasteiger partial charge >= 0.3 is 0 Å². The lowest BCUT2D eigenvalue weighted by molar-refractivity contribution is -0.117. The van der Waals surface area contributed by atoms with Gasteiger partial charge in [0.1, 0.15) is 21.5 Å². The standard InChI is InChI=1S/C18H17N3OS2/c1-21(15(22)9-11-23)18-16(13-6-3-2-4-7-13)20-17(24-18)14-8-5-10-19-12-14/h2-8,10,12,23H,9,11H2,1H3/p+1. The number of hydrogen-bond donors (Lipinski definition) is 0. The summed E-state index contributed by atoms with van der Waals surface area (Å²) in [5, 5.41) is 1.71. The van der Waals surface area contributed by atoms with Gasteiger partial charge < -0.3 is 4.90 Å². The molecule has 2 heterocycles. The van der Waals surface area contributed by atoms with Gasteiger partial charge in [0, 0.05) is 30.6 Å². The Labute approximate surface area is 150 Å². The van der Waals surface area contributed by atoms with Crippen LogP contribution in [0.5, 0.6) is 0 Å². The van der Waals surface area contributed by atoms with Crippen molar-refractivity contribution < 1.29 is 4.79 Å². The Morgan fingerprint density at radius 2 is 1.92 bits per heavy atom. The number of carbonyl (C=O) groups is 1. The van der Waals surface area contributed by atoms with Crippen LogP contribution in [0.25, 0.3) is 21.8 Å². The summed E-state index contributed by atoms with van der Waals surface area (Å²) < 4.78 is 0. The van der Waals surface area contributed by atoms with Gasteiger partial charge in [-0.2, -0.15) is 0 Å². The SMILES string of the molecule is CN(C(=O)CC[SH2+])c1sc(-c2cccnc2)nc1-c1ccccc1. The normalized spacial score (nSPS) is 10.6. The van der Waals surface area contributed by atoms with E-state index in [2.05, 4.69) is 17.6 Å². The highest BCUT2D eigenvalue weighted by Gasteiger charge is 2.21. The van der Waals surface area contributed by atoms with Crippen molar-refractivity contribution in [2.45, 2.75) is 6.42 Å². The van der Waals surface area contributed by atoms with Gasteiger partial charge in [-0.3, -0.25) is 9.78 Å². The van der Waals surface area contributed by atoms with E-state index < -0.39 is 0 Å². The largest absolute Gasteiger partial charge is 0.305 e. The zero-order valence-electron chi connectivity index (χ0n) is 13.3. The van der Waals surface area contributed by atoms with Crippen LogP contribution >= 0.6 is 11.3 Å². The maximum atomic E-state index is 12.3. The predicted molar refractivity (Wildman–Crippen MR) is 104 cm³/mol. The summed E-state index contributed by atoms with van der Waals surface area (Å²) in [5.41, 5.74) is 2.77. The molecule has 0 aliphatic heterocycles. The molecule has 122 valence electrons. The molecule has 3 rings (SSSR count). The molecule has 0 saturated carbocycles. The minimum Gasteiger partial charge on any atom is -0.305 e. The van der Waals surface area contributed by atoms with E-state index in [1.165, 1.54) is 11.3 Å². The van der Waals surface area contributed by atoms with E-state index in [4.69, 9.17) is 4.98 Å². The molecule has 6 heteroatoms. The lowest BCUT2D eigenvalue weighted by atomic mass is 10.1. The van der Waals surface area contributed by atoms with Crippen LogP contribution in [0.4, 0.5) is 5.00 Å². The number of rotatable bonds is 5. The molecule has 0 radical (unpaired) electrons. The summed E-state index contributed by atoms with van der Waals surface area (Å²) in [6.45, 7) is 0. The lowest BCUT2D eigenvalue weighted by Crippen LogP contribution is -2.26. The molecule has 0 N–H and O–H groups in total. The van der Waals surface area contributed by atoms with Crippen molar-refractivity contribution in [1.29, 1.82) is 0 Å². The van der Waals surface area contributed by atoms with Crippen molar-refractivity contribution >= 4 is 34.9 Å². The summed E-state index contributed by atoms with van der Waals surface area (Å²) in [4.78, 5) is 23.0. The van der Waals surface area contributed by atoms with E-state index >= 15 is 0 Å². The summed E-state index contributed by atoms with van der Waals surface area (Å²) >= 11 is 4.88. The number of thiazole rings is 1. The van der Waals surface area contributed by atoms with Crippen LogP contribution in [0.1, 0.15) is 6.42 Å². The molecule has 0 bridgehead atoms. The third-order valence-electron chi connectivity index (χ3n) is 3.58. The third-order valence-corrected chi connectivity index (χ3v) is 5.01. The van der Waals surface area contributed by atoms with Crippen LogP contribution < -0.4 is 4.90 Å². The Kier molecular flexibility index (Phi) is 5.27. The molecule has 1 amide bonds. The molecule has 0 fully saturated rings. The van der Waals surface area contributed by atoms with Gasteiger partial charge in [-0.15, -0.1) is 0 Å².